The van der Waals surface area contributed by atoms with E-state index in [1.54, 1.807) is 0 Å². The van der Waals surface area contributed by atoms with Gasteiger partial charge in [-0.2, -0.15) is 0 Å². The molecule has 0 amide bonds. The molecular formula is C21H29Cl3N2O2. The molecule has 7 heteroatoms. The van der Waals surface area contributed by atoms with Crippen LogP contribution in [0.25, 0.3) is 0 Å². The normalized spacial score (nSPS) is 15.5. The third kappa shape index (κ3) is 7.43. The number of ether oxygens (including phenoxy) is 1. The molecule has 3 rings (SSSR count). The summed E-state index contributed by atoms with van der Waals surface area (Å²) in [6, 6.07) is 16.1. The fourth-order valence-corrected chi connectivity index (χ4v) is 3.50. The number of nitrogens with zero attached hydrogens (tertiary/aromatic N) is 2. The third-order valence-electron chi connectivity index (χ3n) is 4.77. The highest BCUT2D eigenvalue weighted by atomic mass is 35.5. The van der Waals surface area contributed by atoms with E-state index in [1.807, 2.05) is 42.5 Å². The van der Waals surface area contributed by atoms with E-state index in [4.69, 9.17) is 16.3 Å². The van der Waals surface area contributed by atoms with Gasteiger partial charge in [0.2, 0.25) is 0 Å². The summed E-state index contributed by atoms with van der Waals surface area (Å²) in [6.07, 6.45) is -0.460. The number of aliphatic hydroxyl groups is 1. The van der Waals surface area contributed by atoms with Gasteiger partial charge in [-0.3, -0.25) is 4.90 Å². The zero-order valence-corrected chi connectivity index (χ0v) is 18.5. The molecule has 1 aliphatic rings. The first-order valence-corrected chi connectivity index (χ1v) is 9.53. The van der Waals surface area contributed by atoms with Crippen molar-refractivity contribution in [1.29, 1.82) is 0 Å². The minimum atomic E-state index is -0.460. The number of hydrogen-bond acceptors (Lipinski definition) is 4. The van der Waals surface area contributed by atoms with Gasteiger partial charge in [-0.25, -0.2) is 0 Å². The molecule has 0 aliphatic carbocycles. The molecule has 2 aromatic rings. The number of anilines is 1. The molecule has 1 fully saturated rings. The van der Waals surface area contributed by atoms with Crippen molar-refractivity contribution in [1.82, 2.24) is 4.90 Å². The lowest BCUT2D eigenvalue weighted by molar-refractivity contribution is 0.00914. The summed E-state index contributed by atoms with van der Waals surface area (Å²) in [4.78, 5) is 4.67. The molecule has 1 unspecified atom stereocenters. The lowest BCUT2D eigenvalue weighted by Gasteiger charge is -2.37. The predicted octanol–water partition coefficient (Wildman–Crippen LogP) is 4.19. The van der Waals surface area contributed by atoms with Crippen LogP contribution in [-0.4, -0.2) is 55.4 Å². The largest absolute Gasteiger partial charge is 0.389 e. The average molecular weight is 448 g/mol. The van der Waals surface area contributed by atoms with E-state index in [0.29, 0.717) is 19.8 Å². The van der Waals surface area contributed by atoms with Gasteiger partial charge in [-0.15, -0.1) is 24.8 Å². The summed E-state index contributed by atoms with van der Waals surface area (Å²) >= 11 is 6.14. The van der Waals surface area contributed by atoms with E-state index in [0.717, 1.165) is 36.8 Å². The van der Waals surface area contributed by atoms with Crippen LogP contribution in [0.15, 0.2) is 48.5 Å². The van der Waals surface area contributed by atoms with E-state index in [1.165, 1.54) is 11.3 Å². The number of halogens is 3. The van der Waals surface area contributed by atoms with Crippen LogP contribution in [-0.2, 0) is 11.3 Å². The summed E-state index contributed by atoms with van der Waals surface area (Å²) in [5, 5.41) is 11.0. The number of aliphatic hydroxyl groups excluding tert-OH is 1. The molecule has 156 valence electrons. The number of rotatable bonds is 7. The van der Waals surface area contributed by atoms with Gasteiger partial charge in [0.25, 0.3) is 0 Å². The summed E-state index contributed by atoms with van der Waals surface area (Å²) in [5.41, 5.74) is 3.59. The Bertz CT molecular complexity index is 695. The Balaban J connectivity index is 0.00000196. The molecular weight excluding hydrogens is 419 g/mol. The van der Waals surface area contributed by atoms with Crippen LogP contribution in [0.4, 0.5) is 5.69 Å². The molecule has 1 atom stereocenters. The van der Waals surface area contributed by atoms with Crippen molar-refractivity contribution in [2.75, 3.05) is 44.2 Å². The Labute approximate surface area is 185 Å². The summed E-state index contributed by atoms with van der Waals surface area (Å²) in [7, 11) is 0. The van der Waals surface area contributed by atoms with Crippen molar-refractivity contribution in [3.05, 3.63) is 64.7 Å². The van der Waals surface area contributed by atoms with E-state index >= 15 is 0 Å². The maximum atomic E-state index is 10.2. The Kier molecular flexibility index (Phi) is 11.2. The molecule has 28 heavy (non-hydrogen) atoms. The fourth-order valence-electron chi connectivity index (χ4n) is 3.33. The van der Waals surface area contributed by atoms with Crippen LogP contribution in [0.3, 0.4) is 0 Å². The maximum absolute atomic E-state index is 10.2. The highest BCUT2D eigenvalue weighted by Crippen LogP contribution is 2.25. The number of β-amino-alcohol motifs (C(OH)–C–C–N with tert-alkyl or cyclic N) is 1. The van der Waals surface area contributed by atoms with Gasteiger partial charge in [0.05, 0.1) is 19.3 Å². The van der Waals surface area contributed by atoms with Crippen molar-refractivity contribution < 1.29 is 9.84 Å². The molecule has 1 N–H and O–H groups in total. The number of benzene rings is 2. The Morgan fingerprint density at radius 2 is 1.71 bits per heavy atom. The van der Waals surface area contributed by atoms with Crippen molar-refractivity contribution in [3.8, 4) is 0 Å². The monoisotopic (exact) mass is 446 g/mol. The van der Waals surface area contributed by atoms with Crippen molar-refractivity contribution in [2.45, 2.75) is 19.6 Å². The van der Waals surface area contributed by atoms with Crippen LogP contribution < -0.4 is 4.90 Å². The van der Waals surface area contributed by atoms with Crippen molar-refractivity contribution >= 4 is 42.1 Å². The Morgan fingerprint density at radius 3 is 2.39 bits per heavy atom. The summed E-state index contributed by atoms with van der Waals surface area (Å²) in [6.45, 7) is 7.42. The van der Waals surface area contributed by atoms with E-state index in [2.05, 4.69) is 22.8 Å². The van der Waals surface area contributed by atoms with Gasteiger partial charge in [-0.05, 0) is 30.2 Å². The lowest BCUT2D eigenvalue weighted by atomic mass is 10.1. The zero-order valence-electron chi connectivity index (χ0n) is 16.1. The first-order valence-electron chi connectivity index (χ1n) is 9.15. The molecule has 4 nitrogen and oxygen atoms in total. The van der Waals surface area contributed by atoms with Crippen molar-refractivity contribution in [2.24, 2.45) is 0 Å². The molecule has 1 aliphatic heterocycles. The molecule has 0 bridgehead atoms. The molecule has 0 spiro atoms. The van der Waals surface area contributed by atoms with Crippen LogP contribution in [0.5, 0.6) is 0 Å². The first kappa shape index (κ1) is 25.0. The smallest absolute Gasteiger partial charge is 0.0900 e. The van der Waals surface area contributed by atoms with Gasteiger partial charge >= 0.3 is 0 Å². The van der Waals surface area contributed by atoms with Crippen LogP contribution in [0.1, 0.15) is 11.1 Å². The number of hydrogen-bond donors (Lipinski definition) is 1. The second-order valence-corrected chi connectivity index (χ2v) is 7.31. The van der Waals surface area contributed by atoms with E-state index < -0.39 is 6.10 Å². The minimum Gasteiger partial charge on any atom is -0.389 e. The summed E-state index contributed by atoms with van der Waals surface area (Å²) in [5.74, 6) is 0. The maximum Gasteiger partial charge on any atom is 0.0900 e. The molecule has 2 aromatic carbocycles. The van der Waals surface area contributed by atoms with Gasteiger partial charge in [-0.1, -0.05) is 48.0 Å². The average Bonchev–Trinajstić information content (AvgIpc) is 2.65. The van der Waals surface area contributed by atoms with E-state index in [9.17, 15) is 5.11 Å². The molecule has 1 heterocycles. The summed E-state index contributed by atoms with van der Waals surface area (Å²) < 4.78 is 5.64. The SMILES string of the molecule is Cc1ccc(Cl)cc1N1CCN(CC(O)COCc2ccccc2)CC1.Cl.Cl. The minimum absolute atomic E-state index is 0. The van der Waals surface area contributed by atoms with Gasteiger partial charge in [0.15, 0.2) is 0 Å². The predicted molar refractivity (Wildman–Crippen MR) is 121 cm³/mol. The molecule has 1 saturated heterocycles. The number of piperazine rings is 1. The standard InChI is InChI=1S/C21H27ClN2O2.2ClH/c1-17-7-8-19(22)13-21(17)24-11-9-23(10-12-24)14-20(25)16-26-15-18-5-3-2-4-6-18;;/h2-8,13,20,25H,9-12,14-16H2,1H3;2*1H. The molecule has 0 aromatic heterocycles. The van der Waals surface area contributed by atoms with Gasteiger partial charge < -0.3 is 14.7 Å². The lowest BCUT2D eigenvalue weighted by Crippen LogP contribution is -2.49. The number of aryl methyl sites for hydroxylation is 1. The fraction of sp³-hybridized carbons (Fsp3) is 0.429. The Hall–Kier alpha value is -1.01. The van der Waals surface area contributed by atoms with Crippen LogP contribution in [0, 0.1) is 6.92 Å². The second kappa shape index (κ2) is 12.5. The van der Waals surface area contributed by atoms with Crippen molar-refractivity contribution in [3.63, 3.8) is 0 Å². The first-order chi connectivity index (χ1) is 12.6. The Morgan fingerprint density at radius 1 is 1.04 bits per heavy atom. The van der Waals surface area contributed by atoms with Gasteiger partial charge in [0.1, 0.15) is 0 Å². The van der Waals surface area contributed by atoms with Crippen LogP contribution >= 0.6 is 36.4 Å². The highest BCUT2D eigenvalue weighted by molar-refractivity contribution is 6.30. The zero-order chi connectivity index (χ0) is 18.4. The molecule has 0 radical (unpaired) electrons. The van der Waals surface area contributed by atoms with Gasteiger partial charge in [0, 0.05) is 43.4 Å². The van der Waals surface area contributed by atoms with Crippen LogP contribution in [0.2, 0.25) is 5.02 Å². The highest BCUT2D eigenvalue weighted by Gasteiger charge is 2.20. The quantitative estimate of drug-likeness (QED) is 0.690. The third-order valence-corrected chi connectivity index (χ3v) is 5.01. The van der Waals surface area contributed by atoms with E-state index in [-0.39, 0.29) is 24.8 Å². The topological polar surface area (TPSA) is 35.9 Å². The molecule has 0 saturated carbocycles. The second-order valence-electron chi connectivity index (χ2n) is 6.87.